The Bertz CT molecular complexity index is 703. The highest BCUT2D eigenvalue weighted by molar-refractivity contribution is 5.76. The number of allylic oxidation sites excluding steroid dienone is 11. The van der Waals surface area contributed by atoms with E-state index in [9.17, 15) is 15.0 Å². The van der Waals surface area contributed by atoms with E-state index in [1.807, 2.05) is 6.08 Å². The van der Waals surface area contributed by atoms with E-state index in [1.165, 1.54) is 19.3 Å². The standard InChI is InChI=1S/C34H57NO3/c1-3-5-7-9-11-12-13-14-15-16-17-18-19-20-21-22-24-26-28-30-34(38)35-32(31-36)33(37)29-27-25-23-10-8-6-4-2/h5,7-8,10-12,14-15,17-18,27,29,32-33,36-37H,3-4,6,9,13,16,19-26,28,30-31H2,1-2H3,(H,35,38)/b7-5-,10-8+,12-11-,15-14-,18-17-,29-27+. The third-order valence-electron chi connectivity index (χ3n) is 6.15. The second-order valence-electron chi connectivity index (χ2n) is 9.77. The van der Waals surface area contributed by atoms with Gasteiger partial charge in [-0.15, -0.1) is 0 Å². The summed E-state index contributed by atoms with van der Waals surface area (Å²) in [7, 11) is 0. The van der Waals surface area contributed by atoms with Crippen LogP contribution in [-0.2, 0) is 4.79 Å². The Morgan fingerprint density at radius 1 is 0.658 bits per heavy atom. The molecule has 0 aliphatic rings. The highest BCUT2D eigenvalue weighted by Gasteiger charge is 2.17. The Labute approximate surface area is 234 Å². The van der Waals surface area contributed by atoms with Gasteiger partial charge in [-0.05, 0) is 64.2 Å². The summed E-state index contributed by atoms with van der Waals surface area (Å²) < 4.78 is 0. The number of carbonyl (C=O) groups is 1. The number of nitrogens with one attached hydrogen (secondary N) is 1. The summed E-state index contributed by atoms with van der Waals surface area (Å²) >= 11 is 0. The van der Waals surface area contributed by atoms with Gasteiger partial charge < -0.3 is 15.5 Å². The van der Waals surface area contributed by atoms with Crippen molar-refractivity contribution in [3.63, 3.8) is 0 Å². The van der Waals surface area contributed by atoms with Gasteiger partial charge in [0.05, 0.1) is 18.8 Å². The fraction of sp³-hybridized carbons (Fsp3) is 0.618. The summed E-state index contributed by atoms with van der Waals surface area (Å²) in [5, 5.41) is 22.6. The summed E-state index contributed by atoms with van der Waals surface area (Å²) in [6.07, 6.45) is 41.3. The molecule has 0 aromatic heterocycles. The molecular weight excluding hydrogens is 470 g/mol. The fourth-order valence-electron chi connectivity index (χ4n) is 3.83. The summed E-state index contributed by atoms with van der Waals surface area (Å²) in [6, 6.07) is -0.646. The maximum Gasteiger partial charge on any atom is 0.220 e. The molecule has 3 N–H and O–H groups in total. The van der Waals surface area contributed by atoms with Gasteiger partial charge >= 0.3 is 0 Å². The Morgan fingerprint density at radius 2 is 1.18 bits per heavy atom. The SMILES string of the molecule is CC/C=C\C/C=C\C/C=C\C/C=C\CCCCCCCCC(=O)NC(CO)C(O)/C=C/CC/C=C/CCC. The van der Waals surface area contributed by atoms with E-state index >= 15 is 0 Å². The molecule has 0 saturated carbocycles. The van der Waals surface area contributed by atoms with Gasteiger partial charge in [0.1, 0.15) is 0 Å². The lowest BCUT2D eigenvalue weighted by molar-refractivity contribution is -0.123. The zero-order valence-electron chi connectivity index (χ0n) is 24.4. The Balaban J connectivity index is 3.72. The number of hydrogen-bond acceptors (Lipinski definition) is 3. The molecular formula is C34H57NO3. The highest BCUT2D eigenvalue weighted by Crippen LogP contribution is 2.10. The first-order valence-corrected chi connectivity index (χ1v) is 15.2. The van der Waals surface area contributed by atoms with Crippen molar-refractivity contribution < 1.29 is 15.0 Å². The molecule has 2 unspecified atom stereocenters. The highest BCUT2D eigenvalue weighted by atomic mass is 16.3. The predicted molar refractivity (Wildman–Crippen MR) is 165 cm³/mol. The van der Waals surface area contributed by atoms with Crippen molar-refractivity contribution in [3.8, 4) is 0 Å². The van der Waals surface area contributed by atoms with E-state index in [-0.39, 0.29) is 12.5 Å². The zero-order valence-corrected chi connectivity index (χ0v) is 24.4. The largest absolute Gasteiger partial charge is 0.394 e. The van der Waals surface area contributed by atoms with E-state index in [2.05, 4.69) is 79.9 Å². The number of aliphatic hydroxyl groups is 2. The maximum absolute atomic E-state index is 12.2. The molecule has 0 heterocycles. The number of amides is 1. The molecule has 1 amide bonds. The number of rotatable bonds is 25. The van der Waals surface area contributed by atoms with E-state index < -0.39 is 12.1 Å². The number of hydrogen-bond donors (Lipinski definition) is 3. The normalized spacial score (nSPS) is 14.3. The minimum absolute atomic E-state index is 0.0988. The summed E-state index contributed by atoms with van der Waals surface area (Å²) in [6.45, 7) is 4.04. The minimum Gasteiger partial charge on any atom is -0.394 e. The molecule has 0 aromatic carbocycles. The van der Waals surface area contributed by atoms with Crippen molar-refractivity contribution >= 4 is 5.91 Å². The molecule has 0 aromatic rings. The molecule has 0 bridgehead atoms. The molecule has 4 nitrogen and oxygen atoms in total. The van der Waals surface area contributed by atoms with Crippen molar-refractivity contribution in [3.05, 3.63) is 72.9 Å². The Morgan fingerprint density at radius 3 is 1.82 bits per heavy atom. The van der Waals surface area contributed by atoms with Gasteiger partial charge in [0.25, 0.3) is 0 Å². The van der Waals surface area contributed by atoms with Crippen molar-refractivity contribution in [1.29, 1.82) is 0 Å². The second kappa shape index (κ2) is 29.4. The van der Waals surface area contributed by atoms with Gasteiger partial charge in [-0.1, -0.05) is 119 Å². The van der Waals surface area contributed by atoms with Crippen LogP contribution in [0.5, 0.6) is 0 Å². The van der Waals surface area contributed by atoms with Gasteiger partial charge in [0.15, 0.2) is 0 Å². The van der Waals surface area contributed by atoms with Crippen LogP contribution in [0.15, 0.2) is 72.9 Å². The molecule has 216 valence electrons. The first-order valence-electron chi connectivity index (χ1n) is 15.2. The van der Waals surface area contributed by atoms with E-state index in [1.54, 1.807) is 6.08 Å². The lowest BCUT2D eigenvalue weighted by Crippen LogP contribution is -2.45. The third-order valence-corrected chi connectivity index (χ3v) is 6.15. The van der Waals surface area contributed by atoms with E-state index in [0.29, 0.717) is 6.42 Å². The molecule has 0 radical (unpaired) electrons. The monoisotopic (exact) mass is 527 g/mol. The molecule has 4 heteroatoms. The molecule has 0 aliphatic carbocycles. The van der Waals surface area contributed by atoms with Crippen LogP contribution < -0.4 is 5.32 Å². The molecule has 0 rings (SSSR count). The minimum atomic E-state index is -0.867. The lowest BCUT2D eigenvalue weighted by Gasteiger charge is -2.19. The molecule has 0 fully saturated rings. The third kappa shape index (κ3) is 25.5. The van der Waals surface area contributed by atoms with Crippen molar-refractivity contribution in [2.45, 2.75) is 129 Å². The molecule has 0 saturated heterocycles. The van der Waals surface area contributed by atoms with Crippen LogP contribution in [0.3, 0.4) is 0 Å². The Hall–Kier alpha value is -2.17. The maximum atomic E-state index is 12.2. The van der Waals surface area contributed by atoms with Crippen molar-refractivity contribution in [1.82, 2.24) is 5.32 Å². The average Bonchev–Trinajstić information content (AvgIpc) is 2.92. The van der Waals surface area contributed by atoms with Gasteiger partial charge in [-0.25, -0.2) is 0 Å². The summed E-state index contributed by atoms with van der Waals surface area (Å²) in [5.41, 5.74) is 0. The Kier molecular flexibility index (Phi) is 27.7. The van der Waals surface area contributed by atoms with Gasteiger partial charge in [-0.3, -0.25) is 4.79 Å². The smallest absolute Gasteiger partial charge is 0.220 e. The number of carbonyl (C=O) groups excluding carboxylic acids is 1. The van der Waals surface area contributed by atoms with Gasteiger partial charge in [0.2, 0.25) is 5.91 Å². The average molecular weight is 528 g/mol. The van der Waals surface area contributed by atoms with Crippen LogP contribution in [0.25, 0.3) is 0 Å². The second-order valence-corrected chi connectivity index (χ2v) is 9.77. The molecule has 0 aliphatic heterocycles. The van der Waals surface area contributed by atoms with Gasteiger partial charge in [-0.2, -0.15) is 0 Å². The first kappa shape index (κ1) is 35.8. The van der Waals surface area contributed by atoms with E-state index in [0.717, 1.165) is 77.0 Å². The van der Waals surface area contributed by atoms with Crippen LogP contribution in [0.4, 0.5) is 0 Å². The summed E-state index contributed by atoms with van der Waals surface area (Å²) in [5.74, 6) is -0.0988. The first-order chi connectivity index (χ1) is 18.7. The quantitative estimate of drug-likeness (QED) is 0.0824. The van der Waals surface area contributed by atoms with Crippen molar-refractivity contribution in [2.24, 2.45) is 0 Å². The van der Waals surface area contributed by atoms with Crippen LogP contribution in [-0.4, -0.2) is 34.9 Å². The van der Waals surface area contributed by atoms with E-state index in [4.69, 9.17) is 0 Å². The predicted octanol–water partition coefficient (Wildman–Crippen LogP) is 8.44. The fourth-order valence-corrected chi connectivity index (χ4v) is 3.83. The lowest BCUT2D eigenvalue weighted by atomic mass is 10.1. The molecule has 0 spiro atoms. The van der Waals surface area contributed by atoms with Crippen LogP contribution >= 0.6 is 0 Å². The molecule has 2 atom stereocenters. The zero-order chi connectivity index (χ0) is 27.9. The van der Waals surface area contributed by atoms with Crippen LogP contribution in [0.1, 0.15) is 117 Å². The van der Waals surface area contributed by atoms with Crippen LogP contribution in [0.2, 0.25) is 0 Å². The number of unbranched alkanes of at least 4 members (excludes halogenated alkanes) is 8. The molecule has 38 heavy (non-hydrogen) atoms. The van der Waals surface area contributed by atoms with Gasteiger partial charge in [0, 0.05) is 6.42 Å². The topological polar surface area (TPSA) is 69.6 Å². The number of aliphatic hydroxyl groups excluding tert-OH is 2. The van der Waals surface area contributed by atoms with Crippen molar-refractivity contribution in [2.75, 3.05) is 6.61 Å². The van der Waals surface area contributed by atoms with Crippen LogP contribution in [0, 0.1) is 0 Å². The summed E-state index contributed by atoms with van der Waals surface area (Å²) in [4.78, 5) is 12.2.